The molecule has 0 aliphatic carbocycles. The van der Waals surface area contributed by atoms with Crippen LogP contribution in [0.2, 0.25) is 0 Å². The molecule has 0 radical (unpaired) electrons. The monoisotopic (exact) mass is 769 g/mol. The number of amides is 2. The van der Waals surface area contributed by atoms with Gasteiger partial charge in [0.2, 0.25) is 10.0 Å². The third-order valence-corrected chi connectivity index (χ3v) is 10.1. The van der Waals surface area contributed by atoms with E-state index in [-0.39, 0.29) is 59.4 Å². The lowest BCUT2D eigenvalue weighted by Gasteiger charge is -2.26. The predicted molar refractivity (Wildman–Crippen MR) is 187 cm³/mol. The Morgan fingerprint density at radius 2 is 1.28 bits per heavy atom. The van der Waals surface area contributed by atoms with Crippen LogP contribution in [-0.2, 0) is 36.7 Å². The molecule has 2 N–H and O–H groups in total. The van der Waals surface area contributed by atoms with E-state index in [9.17, 15) is 44.3 Å². The van der Waals surface area contributed by atoms with Gasteiger partial charge in [0.05, 0.1) is 34.9 Å². The molecule has 1 aliphatic heterocycles. The molecule has 0 saturated carbocycles. The van der Waals surface area contributed by atoms with E-state index >= 15 is 0 Å². The fraction of sp³-hybridized carbons (Fsp3) is 0.162. The van der Waals surface area contributed by atoms with Crippen molar-refractivity contribution in [2.75, 3.05) is 36.9 Å². The van der Waals surface area contributed by atoms with Crippen molar-refractivity contribution in [3.8, 4) is 16.9 Å². The molecule has 1 aliphatic rings. The summed E-state index contributed by atoms with van der Waals surface area (Å²) in [6.07, 6.45) is -7.02. The fourth-order valence-electron chi connectivity index (χ4n) is 5.50. The van der Waals surface area contributed by atoms with Crippen LogP contribution in [0.1, 0.15) is 16.7 Å². The summed E-state index contributed by atoms with van der Waals surface area (Å²) < 4.78 is 116. The summed E-state index contributed by atoms with van der Waals surface area (Å²) in [7, 11) is -3.98. The highest BCUT2D eigenvalue weighted by Gasteiger charge is 2.32. The third-order valence-electron chi connectivity index (χ3n) is 8.16. The topological polar surface area (TPSA) is 123 Å². The van der Waals surface area contributed by atoms with Crippen LogP contribution in [0, 0.1) is 0 Å². The first-order chi connectivity index (χ1) is 25.6. The summed E-state index contributed by atoms with van der Waals surface area (Å²) in [4.78, 5) is 27.5. The van der Waals surface area contributed by atoms with Crippen LogP contribution in [0.15, 0.2) is 120 Å². The summed E-state index contributed by atoms with van der Waals surface area (Å²) in [6.45, 7) is 0.690. The highest BCUT2D eigenvalue weighted by atomic mass is 32.2. The molecule has 4 aromatic carbocycles. The Bertz CT molecular complexity index is 2250. The normalized spacial score (nSPS) is 14.0. The van der Waals surface area contributed by atoms with Gasteiger partial charge >= 0.3 is 12.4 Å². The van der Waals surface area contributed by atoms with Gasteiger partial charge in [-0.3, -0.25) is 9.59 Å². The van der Waals surface area contributed by atoms with E-state index in [1.165, 1.54) is 33.4 Å². The minimum atomic E-state index is -4.76. The number of ether oxygens (including phenoxy) is 1. The van der Waals surface area contributed by atoms with E-state index in [1.807, 2.05) is 0 Å². The number of hydrogen-bond acceptors (Lipinski definition) is 6. The van der Waals surface area contributed by atoms with E-state index in [4.69, 9.17) is 4.74 Å². The predicted octanol–water partition coefficient (Wildman–Crippen LogP) is 7.26. The Kier molecular flexibility index (Phi) is 10.7. The standard InChI is InChI=1S/C37H29F6N5O5S/c38-36(39,40)26-8-5-10-28(21-26)44-34(49)32(35(50)45-29-11-6-9-27(22-29)37(41,42)43)20-25-23-48(30-12-2-1-3-13-30)46-33(25)24-7-4-14-31(19-24)54(51,52)47-15-17-53-18-16-47/h1-14,19-23H,15-18H2,(H,44,49)(H,45,50). The zero-order valence-corrected chi connectivity index (χ0v) is 28.7. The summed E-state index contributed by atoms with van der Waals surface area (Å²) in [5, 5.41) is 9.17. The van der Waals surface area contributed by atoms with Crippen LogP contribution in [-0.4, -0.2) is 60.6 Å². The second-order valence-electron chi connectivity index (χ2n) is 11.9. The highest BCUT2D eigenvalue weighted by molar-refractivity contribution is 7.89. The van der Waals surface area contributed by atoms with Crippen molar-refractivity contribution in [3.05, 3.63) is 132 Å². The van der Waals surface area contributed by atoms with Crippen LogP contribution in [0.3, 0.4) is 0 Å². The maximum absolute atomic E-state index is 13.8. The van der Waals surface area contributed by atoms with Crippen LogP contribution < -0.4 is 10.6 Å². The van der Waals surface area contributed by atoms with Gasteiger partial charge in [0, 0.05) is 41.8 Å². The molecule has 54 heavy (non-hydrogen) atoms. The number of carbonyl (C=O) groups is 2. The largest absolute Gasteiger partial charge is 0.416 e. The first kappa shape index (κ1) is 38.0. The first-order valence-corrected chi connectivity index (χ1v) is 17.6. The molecule has 10 nitrogen and oxygen atoms in total. The number of benzene rings is 4. The Labute approximate surface area is 304 Å². The van der Waals surface area contributed by atoms with E-state index in [0.717, 1.165) is 42.5 Å². The minimum Gasteiger partial charge on any atom is -0.379 e. The second-order valence-corrected chi connectivity index (χ2v) is 13.8. The number of carbonyl (C=O) groups excluding carboxylic acids is 2. The molecule has 1 aromatic heterocycles. The summed E-state index contributed by atoms with van der Waals surface area (Å²) in [6, 6.07) is 21.7. The zero-order chi connectivity index (χ0) is 38.7. The number of hydrogen-bond donors (Lipinski definition) is 2. The van der Waals surface area contributed by atoms with Gasteiger partial charge in [-0.2, -0.15) is 35.7 Å². The van der Waals surface area contributed by atoms with Gasteiger partial charge in [-0.25, -0.2) is 13.1 Å². The number of rotatable bonds is 9. The molecule has 0 unspecified atom stereocenters. The first-order valence-electron chi connectivity index (χ1n) is 16.1. The number of sulfonamides is 1. The molecule has 0 bridgehead atoms. The summed E-state index contributed by atoms with van der Waals surface area (Å²) in [5.41, 5.74) is -2.60. The Morgan fingerprint density at radius 3 is 1.83 bits per heavy atom. The molecule has 0 spiro atoms. The third kappa shape index (κ3) is 8.70. The summed E-state index contributed by atoms with van der Waals surface area (Å²) >= 11 is 0. The molecule has 2 amide bonds. The van der Waals surface area contributed by atoms with Gasteiger partial charge in [-0.05, 0) is 66.7 Å². The number of nitrogens with zero attached hydrogens (tertiary/aromatic N) is 3. The number of halogens is 6. The van der Waals surface area contributed by atoms with Crippen molar-refractivity contribution >= 4 is 39.3 Å². The minimum absolute atomic E-state index is 0.0732. The molecular formula is C37H29F6N5O5S. The molecule has 1 fully saturated rings. The van der Waals surface area contributed by atoms with Gasteiger partial charge in [-0.1, -0.05) is 42.5 Å². The number of anilines is 2. The lowest BCUT2D eigenvalue weighted by Crippen LogP contribution is -2.40. The zero-order valence-electron chi connectivity index (χ0n) is 27.9. The SMILES string of the molecule is O=C(Nc1cccc(C(F)(F)F)c1)C(=Cc1cn(-c2ccccc2)nc1-c1cccc(S(=O)(=O)N2CCOCC2)c1)C(=O)Nc1cccc(C(F)(F)F)c1. The van der Waals surface area contributed by atoms with Gasteiger partial charge < -0.3 is 15.4 Å². The Morgan fingerprint density at radius 1 is 0.722 bits per heavy atom. The smallest absolute Gasteiger partial charge is 0.379 e. The van der Waals surface area contributed by atoms with Crippen LogP contribution in [0.4, 0.5) is 37.7 Å². The molecule has 280 valence electrons. The Balaban J connectivity index is 1.47. The Hall–Kier alpha value is -5.78. The van der Waals surface area contributed by atoms with Gasteiger partial charge in [0.25, 0.3) is 11.8 Å². The average molecular weight is 770 g/mol. The molecule has 2 heterocycles. The van der Waals surface area contributed by atoms with Crippen molar-refractivity contribution in [1.29, 1.82) is 0 Å². The number of para-hydroxylation sites is 1. The quantitative estimate of drug-likeness (QED) is 0.0705. The molecule has 5 aromatic rings. The highest BCUT2D eigenvalue weighted by Crippen LogP contribution is 2.33. The van der Waals surface area contributed by atoms with Crippen molar-refractivity contribution < 1.29 is 49.1 Å². The van der Waals surface area contributed by atoms with Gasteiger partial charge in [0.1, 0.15) is 11.3 Å². The summed E-state index contributed by atoms with van der Waals surface area (Å²) in [5.74, 6) is -2.42. The average Bonchev–Trinajstić information content (AvgIpc) is 3.58. The van der Waals surface area contributed by atoms with Crippen molar-refractivity contribution in [1.82, 2.24) is 14.1 Å². The van der Waals surface area contributed by atoms with Gasteiger partial charge in [-0.15, -0.1) is 0 Å². The lowest BCUT2D eigenvalue weighted by molar-refractivity contribution is -0.138. The molecular weight excluding hydrogens is 740 g/mol. The molecule has 0 atom stereocenters. The number of alkyl halides is 6. The number of nitrogens with one attached hydrogen (secondary N) is 2. The van der Waals surface area contributed by atoms with Crippen LogP contribution in [0.25, 0.3) is 23.0 Å². The van der Waals surface area contributed by atoms with Crippen LogP contribution >= 0.6 is 0 Å². The maximum Gasteiger partial charge on any atom is 0.416 e. The number of morpholine rings is 1. The molecule has 6 rings (SSSR count). The van der Waals surface area contributed by atoms with E-state index in [0.29, 0.717) is 17.8 Å². The van der Waals surface area contributed by atoms with E-state index in [1.54, 1.807) is 36.4 Å². The fourth-order valence-corrected chi connectivity index (χ4v) is 6.96. The van der Waals surface area contributed by atoms with Gasteiger partial charge in [0.15, 0.2) is 0 Å². The lowest BCUT2D eigenvalue weighted by atomic mass is 10.0. The van der Waals surface area contributed by atoms with Crippen molar-refractivity contribution in [2.24, 2.45) is 0 Å². The van der Waals surface area contributed by atoms with Crippen molar-refractivity contribution in [3.63, 3.8) is 0 Å². The second kappa shape index (κ2) is 15.3. The number of aromatic nitrogens is 2. The van der Waals surface area contributed by atoms with Crippen molar-refractivity contribution in [2.45, 2.75) is 17.2 Å². The van der Waals surface area contributed by atoms with Crippen LogP contribution in [0.5, 0.6) is 0 Å². The van der Waals surface area contributed by atoms with E-state index < -0.39 is 50.9 Å². The maximum atomic E-state index is 13.8. The molecule has 1 saturated heterocycles. The molecule has 17 heteroatoms. The van der Waals surface area contributed by atoms with E-state index in [2.05, 4.69) is 15.7 Å².